The fourth-order valence-electron chi connectivity index (χ4n) is 2.62. The van der Waals surface area contributed by atoms with E-state index >= 15 is 0 Å². The van der Waals surface area contributed by atoms with Gasteiger partial charge < -0.3 is 19.2 Å². The molecule has 1 heterocycles. The number of hydrogen-bond donors (Lipinski definition) is 3. The highest BCUT2D eigenvalue weighted by molar-refractivity contribution is 9.10. The van der Waals surface area contributed by atoms with Gasteiger partial charge in [-0.2, -0.15) is 0 Å². The Bertz CT molecular complexity index is 1020. The highest BCUT2D eigenvalue weighted by Crippen LogP contribution is 2.28. The highest BCUT2D eigenvalue weighted by atomic mass is 79.9. The van der Waals surface area contributed by atoms with Gasteiger partial charge in [0.2, 0.25) is 0 Å². The normalized spacial score (nSPS) is 10.3. The van der Waals surface area contributed by atoms with Gasteiger partial charge in [0.25, 0.3) is 11.8 Å². The Morgan fingerprint density at radius 3 is 2.35 bits per heavy atom. The van der Waals surface area contributed by atoms with Gasteiger partial charge in [-0.15, -0.1) is 0 Å². The van der Waals surface area contributed by atoms with Crippen molar-refractivity contribution in [3.05, 3.63) is 76.5 Å². The maximum atomic E-state index is 12.4. The van der Waals surface area contributed by atoms with Gasteiger partial charge in [0.1, 0.15) is 24.7 Å². The number of amides is 2. The Hall–Kier alpha value is -3.46. The number of H-pyrrole nitrogens is 1. The molecule has 162 valence electrons. The minimum absolute atomic E-state index is 0.308. The van der Waals surface area contributed by atoms with E-state index in [0.717, 1.165) is 10.2 Å². The van der Waals surface area contributed by atoms with Crippen LogP contribution in [0.1, 0.15) is 27.8 Å². The smallest absolute Gasteiger partial charge is 0.286 e. The standard InChI is InChI=1S/C22H22BrN3O5/c1-2-29-20-12-15(21(27)25-26-22(28)18-13-16(23)14-24-18)8-9-19(20)31-11-10-30-17-6-4-3-5-7-17/h3-9,12-14,24H,2,10-11H2,1H3,(H,25,27)(H,26,28). The first-order chi connectivity index (χ1) is 15.1. The molecule has 3 N–H and O–H groups in total. The first-order valence-electron chi connectivity index (χ1n) is 9.59. The zero-order valence-electron chi connectivity index (χ0n) is 16.8. The van der Waals surface area contributed by atoms with Crippen molar-refractivity contribution in [1.29, 1.82) is 0 Å². The molecule has 2 amide bonds. The van der Waals surface area contributed by atoms with Crippen LogP contribution < -0.4 is 25.1 Å². The third kappa shape index (κ3) is 6.51. The molecule has 3 rings (SSSR count). The van der Waals surface area contributed by atoms with Crippen molar-refractivity contribution in [3.8, 4) is 17.2 Å². The second-order valence-electron chi connectivity index (χ2n) is 6.24. The monoisotopic (exact) mass is 487 g/mol. The van der Waals surface area contributed by atoms with Gasteiger partial charge in [-0.25, -0.2) is 0 Å². The van der Waals surface area contributed by atoms with E-state index in [4.69, 9.17) is 14.2 Å². The molecule has 3 aromatic rings. The first kappa shape index (κ1) is 22.2. The lowest BCUT2D eigenvalue weighted by Crippen LogP contribution is -2.41. The SMILES string of the molecule is CCOc1cc(C(=O)NNC(=O)c2cc(Br)c[nH]2)ccc1OCCOc1ccccc1. The van der Waals surface area contributed by atoms with Gasteiger partial charge in [-0.3, -0.25) is 20.4 Å². The molecule has 0 saturated carbocycles. The van der Waals surface area contributed by atoms with Crippen LogP contribution in [0.5, 0.6) is 17.2 Å². The Morgan fingerprint density at radius 1 is 0.903 bits per heavy atom. The van der Waals surface area contributed by atoms with E-state index in [2.05, 4.69) is 31.8 Å². The van der Waals surface area contributed by atoms with Crippen LogP contribution in [0, 0.1) is 0 Å². The van der Waals surface area contributed by atoms with Crippen LogP contribution in [0.3, 0.4) is 0 Å². The summed E-state index contributed by atoms with van der Waals surface area (Å²) in [5.41, 5.74) is 5.35. The first-order valence-corrected chi connectivity index (χ1v) is 10.4. The number of aromatic amines is 1. The number of para-hydroxylation sites is 1. The van der Waals surface area contributed by atoms with E-state index in [0.29, 0.717) is 42.6 Å². The lowest BCUT2D eigenvalue weighted by atomic mass is 10.2. The molecule has 0 aliphatic heterocycles. The van der Waals surface area contributed by atoms with Crippen LogP contribution in [0.4, 0.5) is 0 Å². The Labute approximate surface area is 188 Å². The molecule has 0 atom stereocenters. The summed E-state index contributed by atoms with van der Waals surface area (Å²) in [7, 11) is 0. The zero-order chi connectivity index (χ0) is 22.1. The molecule has 0 unspecified atom stereocenters. The number of carbonyl (C=O) groups is 2. The van der Waals surface area contributed by atoms with Gasteiger partial charge in [0.05, 0.1) is 6.61 Å². The number of rotatable bonds is 9. The molecule has 9 heteroatoms. The summed E-state index contributed by atoms with van der Waals surface area (Å²) in [6.07, 6.45) is 1.62. The summed E-state index contributed by atoms with van der Waals surface area (Å²) in [5.74, 6) is 0.725. The molecule has 0 radical (unpaired) electrons. The van der Waals surface area contributed by atoms with Crippen LogP contribution in [-0.2, 0) is 0 Å². The molecule has 0 aliphatic carbocycles. The molecule has 8 nitrogen and oxygen atoms in total. The van der Waals surface area contributed by atoms with Crippen molar-refractivity contribution < 1.29 is 23.8 Å². The van der Waals surface area contributed by atoms with Crippen LogP contribution in [0.15, 0.2) is 65.3 Å². The van der Waals surface area contributed by atoms with Crippen molar-refractivity contribution in [2.24, 2.45) is 0 Å². The number of halogens is 1. The number of ether oxygens (including phenoxy) is 3. The van der Waals surface area contributed by atoms with E-state index in [1.807, 2.05) is 37.3 Å². The fraction of sp³-hybridized carbons (Fsp3) is 0.182. The molecular formula is C22H22BrN3O5. The quantitative estimate of drug-likeness (QED) is 0.315. The maximum absolute atomic E-state index is 12.4. The van der Waals surface area contributed by atoms with E-state index in [1.54, 1.807) is 30.5 Å². The van der Waals surface area contributed by atoms with Gasteiger partial charge >= 0.3 is 0 Å². The second-order valence-corrected chi connectivity index (χ2v) is 7.16. The topological polar surface area (TPSA) is 102 Å². The summed E-state index contributed by atoms with van der Waals surface area (Å²) in [6.45, 7) is 2.91. The molecule has 31 heavy (non-hydrogen) atoms. The molecule has 0 spiro atoms. The number of benzene rings is 2. The van der Waals surface area contributed by atoms with Crippen molar-refractivity contribution in [2.45, 2.75) is 6.92 Å². The molecule has 1 aromatic heterocycles. The van der Waals surface area contributed by atoms with Crippen molar-refractivity contribution >= 4 is 27.7 Å². The molecule has 0 aliphatic rings. The lowest BCUT2D eigenvalue weighted by Gasteiger charge is -2.14. The highest BCUT2D eigenvalue weighted by Gasteiger charge is 2.14. The van der Waals surface area contributed by atoms with Crippen LogP contribution in [0.2, 0.25) is 0 Å². The largest absolute Gasteiger partial charge is 0.490 e. The fourth-order valence-corrected chi connectivity index (χ4v) is 2.96. The summed E-state index contributed by atoms with van der Waals surface area (Å²) in [4.78, 5) is 27.2. The molecule has 0 saturated heterocycles. The van der Waals surface area contributed by atoms with Gasteiger partial charge in [-0.05, 0) is 59.3 Å². The summed E-state index contributed by atoms with van der Waals surface area (Å²) in [6, 6.07) is 15.8. The number of hydrogen-bond acceptors (Lipinski definition) is 5. The Kier molecular flexibility index (Phi) is 7.94. The minimum atomic E-state index is -0.487. The van der Waals surface area contributed by atoms with E-state index in [1.165, 1.54) is 0 Å². The van der Waals surface area contributed by atoms with E-state index < -0.39 is 11.8 Å². The van der Waals surface area contributed by atoms with Crippen LogP contribution in [-0.4, -0.2) is 36.6 Å². The average Bonchev–Trinajstić information content (AvgIpc) is 3.23. The lowest BCUT2D eigenvalue weighted by molar-refractivity contribution is 0.0844. The number of aromatic nitrogens is 1. The Balaban J connectivity index is 1.55. The third-order valence-electron chi connectivity index (χ3n) is 4.04. The summed E-state index contributed by atoms with van der Waals surface area (Å²) >= 11 is 3.25. The van der Waals surface area contributed by atoms with Crippen molar-refractivity contribution in [2.75, 3.05) is 19.8 Å². The third-order valence-corrected chi connectivity index (χ3v) is 4.50. The van der Waals surface area contributed by atoms with E-state index in [-0.39, 0.29) is 0 Å². The maximum Gasteiger partial charge on any atom is 0.286 e. The van der Waals surface area contributed by atoms with Gasteiger partial charge in [0, 0.05) is 16.2 Å². The van der Waals surface area contributed by atoms with E-state index in [9.17, 15) is 9.59 Å². The summed E-state index contributed by atoms with van der Waals surface area (Å²) < 4.78 is 17.7. The molecule has 2 aromatic carbocycles. The minimum Gasteiger partial charge on any atom is -0.490 e. The molecule has 0 bridgehead atoms. The second kappa shape index (κ2) is 11.1. The van der Waals surface area contributed by atoms with Crippen LogP contribution in [0.25, 0.3) is 0 Å². The van der Waals surface area contributed by atoms with Gasteiger partial charge in [-0.1, -0.05) is 18.2 Å². The molecular weight excluding hydrogens is 466 g/mol. The Morgan fingerprint density at radius 2 is 1.65 bits per heavy atom. The zero-order valence-corrected chi connectivity index (χ0v) is 18.4. The van der Waals surface area contributed by atoms with Crippen molar-refractivity contribution in [3.63, 3.8) is 0 Å². The molecule has 0 fully saturated rings. The van der Waals surface area contributed by atoms with Crippen LogP contribution >= 0.6 is 15.9 Å². The predicted octanol–water partition coefficient (Wildman–Crippen LogP) is 3.71. The number of hydrazine groups is 1. The average molecular weight is 488 g/mol. The number of nitrogens with one attached hydrogen (secondary N) is 3. The number of carbonyl (C=O) groups excluding carboxylic acids is 2. The van der Waals surface area contributed by atoms with Crippen molar-refractivity contribution in [1.82, 2.24) is 15.8 Å². The summed E-state index contributed by atoms with van der Waals surface area (Å²) in [5, 5.41) is 0. The van der Waals surface area contributed by atoms with Gasteiger partial charge in [0.15, 0.2) is 11.5 Å². The predicted molar refractivity (Wildman–Crippen MR) is 118 cm³/mol.